The standard InChI is InChI=1S/C30H31Cl2NO4/c1-3-33-22-7-5-9-24(34)28(22)27(29-23(33)8-6-10-25(29)35)19-15-21(32)30(26(16-19)36-4-2)37-17-18-11-13-20(31)14-12-18/h11-16,27H,3-10,17H2,1-2H3. The molecule has 1 aliphatic heterocycles. The molecule has 0 saturated carbocycles. The molecule has 3 aliphatic rings. The van der Waals surface area contributed by atoms with Gasteiger partial charge >= 0.3 is 0 Å². The molecule has 194 valence electrons. The van der Waals surface area contributed by atoms with Gasteiger partial charge < -0.3 is 14.4 Å². The third kappa shape index (κ3) is 4.92. The normalized spacial score (nSPS) is 18.2. The van der Waals surface area contributed by atoms with Crippen LogP contribution in [0.5, 0.6) is 11.5 Å². The molecule has 0 amide bonds. The molecular formula is C30H31Cl2NO4. The number of carbonyl (C=O) groups is 2. The molecule has 0 saturated heterocycles. The molecule has 7 heteroatoms. The van der Waals surface area contributed by atoms with Gasteiger partial charge in [0.15, 0.2) is 23.1 Å². The maximum absolute atomic E-state index is 13.4. The third-order valence-corrected chi connectivity index (χ3v) is 7.90. The highest BCUT2D eigenvalue weighted by Gasteiger charge is 2.43. The van der Waals surface area contributed by atoms with E-state index < -0.39 is 5.92 Å². The van der Waals surface area contributed by atoms with E-state index in [1.807, 2.05) is 43.3 Å². The lowest BCUT2D eigenvalue weighted by Gasteiger charge is -2.43. The minimum Gasteiger partial charge on any atom is -0.490 e. The number of halogens is 2. The van der Waals surface area contributed by atoms with E-state index in [0.29, 0.717) is 47.6 Å². The average Bonchev–Trinajstić information content (AvgIpc) is 2.88. The molecule has 0 radical (unpaired) electrons. The zero-order valence-corrected chi connectivity index (χ0v) is 22.8. The molecule has 5 rings (SSSR count). The van der Waals surface area contributed by atoms with Crippen LogP contribution in [0.3, 0.4) is 0 Å². The molecule has 1 heterocycles. The van der Waals surface area contributed by atoms with E-state index in [4.69, 9.17) is 32.7 Å². The Labute approximate surface area is 228 Å². The second-order valence-corrected chi connectivity index (χ2v) is 10.5. The lowest BCUT2D eigenvalue weighted by atomic mass is 9.71. The van der Waals surface area contributed by atoms with Crippen LogP contribution in [0.2, 0.25) is 10.0 Å². The molecule has 37 heavy (non-hydrogen) atoms. The van der Waals surface area contributed by atoms with E-state index in [1.165, 1.54) is 0 Å². The lowest BCUT2D eigenvalue weighted by molar-refractivity contribution is -0.117. The van der Waals surface area contributed by atoms with E-state index in [9.17, 15) is 9.59 Å². The molecule has 0 aromatic heterocycles. The Hall–Kier alpha value is -2.76. The monoisotopic (exact) mass is 539 g/mol. The van der Waals surface area contributed by atoms with Gasteiger partial charge in [0.1, 0.15) is 6.61 Å². The number of hydrogen-bond acceptors (Lipinski definition) is 5. The summed E-state index contributed by atoms with van der Waals surface area (Å²) in [6.45, 7) is 5.45. The van der Waals surface area contributed by atoms with Crippen molar-refractivity contribution < 1.29 is 19.1 Å². The first kappa shape index (κ1) is 25.9. The van der Waals surface area contributed by atoms with Crippen LogP contribution in [0.4, 0.5) is 0 Å². The van der Waals surface area contributed by atoms with Crippen molar-refractivity contribution in [1.82, 2.24) is 4.90 Å². The first-order chi connectivity index (χ1) is 17.9. The van der Waals surface area contributed by atoms with Gasteiger partial charge in [0.05, 0.1) is 11.6 Å². The van der Waals surface area contributed by atoms with E-state index in [2.05, 4.69) is 11.8 Å². The molecule has 2 aromatic carbocycles. The Morgan fingerprint density at radius 2 is 1.49 bits per heavy atom. The molecule has 0 atom stereocenters. The van der Waals surface area contributed by atoms with Crippen LogP contribution < -0.4 is 9.47 Å². The molecule has 0 spiro atoms. The number of benzene rings is 2. The third-order valence-electron chi connectivity index (χ3n) is 7.36. The van der Waals surface area contributed by atoms with Gasteiger partial charge in [-0.1, -0.05) is 35.3 Å². The van der Waals surface area contributed by atoms with Crippen molar-refractivity contribution in [2.45, 2.75) is 64.9 Å². The summed E-state index contributed by atoms with van der Waals surface area (Å²) < 4.78 is 12.1. The van der Waals surface area contributed by atoms with E-state index >= 15 is 0 Å². The lowest BCUT2D eigenvalue weighted by Crippen LogP contribution is -2.39. The van der Waals surface area contributed by atoms with Gasteiger partial charge in [-0.2, -0.15) is 0 Å². The first-order valence-electron chi connectivity index (χ1n) is 13.1. The Bertz CT molecular complexity index is 1250. The van der Waals surface area contributed by atoms with Crippen LogP contribution in [0.25, 0.3) is 0 Å². The largest absolute Gasteiger partial charge is 0.490 e. The summed E-state index contributed by atoms with van der Waals surface area (Å²) in [4.78, 5) is 29.0. The number of Topliss-reactive ketones (excluding diaryl/α,β-unsaturated/α-hetero) is 2. The van der Waals surface area contributed by atoms with Gasteiger partial charge in [-0.15, -0.1) is 0 Å². The van der Waals surface area contributed by atoms with Gasteiger partial charge in [-0.3, -0.25) is 9.59 Å². The smallest absolute Gasteiger partial charge is 0.180 e. The SMILES string of the molecule is CCOc1cc(C2C3=C(CCCC3=O)N(CC)C3=C2C(=O)CCC3)cc(Cl)c1OCc1ccc(Cl)cc1. The van der Waals surface area contributed by atoms with Gasteiger partial charge in [0.25, 0.3) is 0 Å². The fourth-order valence-electron chi connectivity index (χ4n) is 5.83. The summed E-state index contributed by atoms with van der Waals surface area (Å²) >= 11 is 12.8. The summed E-state index contributed by atoms with van der Waals surface area (Å²) in [7, 11) is 0. The van der Waals surface area contributed by atoms with Crippen molar-refractivity contribution in [3.8, 4) is 11.5 Å². The highest BCUT2D eigenvalue weighted by Crippen LogP contribution is 2.51. The summed E-state index contributed by atoms with van der Waals surface area (Å²) in [6.07, 6.45) is 4.34. The Balaban J connectivity index is 1.60. The topological polar surface area (TPSA) is 55.8 Å². The summed E-state index contributed by atoms with van der Waals surface area (Å²) in [5.74, 6) is 0.753. The van der Waals surface area contributed by atoms with Crippen molar-refractivity contribution in [1.29, 1.82) is 0 Å². The number of hydrogen-bond donors (Lipinski definition) is 0. The van der Waals surface area contributed by atoms with Crippen molar-refractivity contribution in [3.05, 3.63) is 80.1 Å². The summed E-state index contributed by atoms with van der Waals surface area (Å²) in [6, 6.07) is 11.2. The maximum atomic E-state index is 13.4. The van der Waals surface area contributed by atoms with Gasteiger partial charge in [0, 0.05) is 52.9 Å². The summed E-state index contributed by atoms with van der Waals surface area (Å²) in [5, 5.41) is 1.05. The number of allylic oxidation sites excluding steroid dienone is 4. The molecule has 5 nitrogen and oxygen atoms in total. The fourth-order valence-corrected chi connectivity index (χ4v) is 6.22. The van der Waals surface area contributed by atoms with Crippen molar-refractivity contribution in [2.24, 2.45) is 0 Å². The zero-order valence-electron chi connectivity index (χ0n) is 21.2. The Kier molecular flexibility index (Phi) is 7.64. The van der Waals surface area contributed by atoms with Crippen LogP contribution in [-0.4, -0.2) is 29.6 Å². The molecule has 2 aromatic rings. The van der Waals surface area contributed by atoms with Crippen molar-refractivity contribution >= 4 is 34.8 Å². The number of ketones is 2. The number of nitrogens with zero attached hydrogens (tertiary/aromatic N) is 1. The molecule has 0 N–H and O–H groups in total. The number of rotatable bonds is 7. The van der Waals surface area contributed by atoms with Crippen LogP contribution in [-0.2, 0) is 16.2 Å². The van der Waals surface area contributed by atoms with Crippen LogP contribution in [0.1, 0.15) is 69.4 Å². The predicted molar refractivity (Wildman–Crippen MR) is 145 cm³/mol. The van der Waals surface area contributed by atoms with Gasteiger partial charge in [-0.25, -0.2) is 0 Å². The predicted octanol–water partition coefficient (Wildman–Crippen LogP) is 7.40. The fraction of sp³-hybridized carbons (Fsp3) is 0.400. The van der Waals surface area contributed by atoms with Crippen molar-refractivity contribution in [2.75, 3.05) is 13.2 Å². The minimum absolute atomic E-state index is 0.117. The maximum Gasteiger partial charge on any atom is 0.180 e. The second-order valence-electron chi connectivity index (χ2n) is 9.63. The molecule has 0 bridgehead atoms. The van der Waals surface area contributed by atoms with E-state index in [0.717, 1.165) is 65.9 Å². The van der Waals surface area contributed by atoms with Crippen LogP contribution >= 0.6 is 23.2 Å². The zero-order chi connectivity index (χ0) is 26.1. The summed E-state index contributed by atoms with van der Waals surface area (Å²) in [5.41, 5.74) is 5.37. The highest BCUT2D eigenvalue weighted by molar-refractivity contribution is 6.32. The number of carbonyl (C=O) groups excluding carboxylic acids is 2. The van der Waals surface area contributed by atoms with E-state index in [-0.39, 0.29) is 11.6 Å². The molecule has 0 unspecified atom stereocenters. The van der Waals surface area contributed by atoms with Crippen molar-refractivity contribution in [3.63, 3.8) is 0 Å². The van der Waals surface area contributed by atoms with Gasteiger partial charge in [-0.05, 0) is 74.9 Å². The Morgan fingerprint density at radius 1 is 0.865 bits per heavy atom. The van der Waals surface area contributed by atoms with Crippen LogP contribution in [0, 0.1) is 0 Å². The Morgan fingerprint density at radius 3 is 2.05 bits per heavy atom. The number of ether oxygens (including phenoxy) is 2. The second kappa shape index (κ2) is 10.9. The van der Waals surface area contributed by atoms with Crippen LogP contribution in [0.15, 0.2) is 58.9 Å². The van der Waals surface area contributed by atoms with Gasteiger partial charge in [0.2, 0.25) is 0 Å². The molecule has 0 fully saturated rings. The molecule has 2 aliphatic carbocycles. The van der Waals surface area contributed by atoms with E-state index in [1.54, 1.807) is 0 Å². The quantitative estimate of drug-likeness (QED) is 0.366. The first-order valence-corrected chi connectivity index (χ1v) is 13.8. The highest BCUT2D eigenvalue weighted by atomic mass is 35.5. The average molecular weight is 540 g/mol. The molecular weight excluding hydrogens is 509 g/mol. The minimum atomic E-state index is -0.435.